The molecule has 0 fully saturated rings. The average molecular weight is 252 g/mol. The van der Waals surface area contributed by atoms with Crippen LogP contribution in [0.4, 0.5) is 0 Å². The molecule has 4 nitrogen and oxygen atoms in total. The van der Waals surface area contributed by atoms with Crippen LogP contribution < -0.4 is 5.32 Å². The van der Waals surface area contributed by atoms with Crippen molar-refractivity contribution in [1.29, 1.82) is 0 Å². The number of likely N-dealkylation sites (N-methyl/N-ethyl adjacent to an activating group) is 1. The highest BCUT2D eigenvalue weighted by Crippen LogP contribution is 2.09. The van der Waals surface area contributed by atoms with Crippen LogP contribution in [0.25, 0.3) is 0 Å². The Labute approximate surface area is 111 Å². The first kappa shape index (κ1) is 15.2. The molecule has 104 valence electrons. The van der Waals surface area contributed by atoms with E-state index in [1.807, 2.05) is 17.9 Å². The van der Waals surface area contributed by atoms with Crippen molar-refractivity contribution in [2.24, 2.45) is 7.05 Å². The van der Waals surface area contributed by atoms with Gasteiger partial charge in [0, 0.05) is 43.5 Å². The third kappa shape index (κ3) is 5.19. The zero-order chi connectivity index (χ0) is 13.8. The Morgan fingerprint density at radius 1 is 1.44 bits per heavy atom. The SMILES string of the molecule is CCC(CNC(C)(C)C)N(C)Cc1cnn(C)c1. The summed E-state index contributed by atoms with van der Waals surface area (Å²) in [6.45, 7) is 10.9. The lowest BCUT2D eigenvalue weighted by atomic mass is 10.1. The van der Waals surface area contributed by atoms with Gasteiger partial charge in [0.2, 0.25) is 0 Å². The van der Waals surface area contributed by atoms with E-state index in [1.165, 1.54) is 5.56 Å². The van der Waals surface area contributed by atoms with Gasteiger partial charge in [0.1, 0.15) is 0 Å². The van der Waals surface area contributed by atoms with E-state index in [0.717, 1.165) is 19.5 Å². The fraction of sp³-hybridized carbons (Fsp3) is 0.786. The molecule has 1 N–H and O–H groups in total. The lowest BCUT2D eigenvalue weighted by molar-refractivity contribution is 0.208. The lowest BCUT2D eigenvalue weighted by Crippen LogP contribution is -2.46. The molecule has 0 aromatic carbocycles. The van der Waals surface area contributed by atoms with Gasteiger partial charge in [-0.05, 0) is 34.2 Å². The van der Waals surface area contributed by atoms with Crippen molar-refractivity contribution in [3.05, 3.63) is 18.0 Å². The summed E-state index contributed by atoms with van der Waals surface area (Å²) >= 11 is 0. The molecule has 0 amide bonds. The largest absolute Gasteiger partial charge is 0.311 e. The third-order valence-electron chi connectivity index (χ3n) is 3.15. The van der Waals surface area contributed by atoms with Gasteiger partial charge >= 0.3 is 0 Å². The fourth-order valence-corrected chi connectivity index (χ4v) is 2.01. The second-order valence-corrected chi connectivity index (χ2v) is 6.13. The van der Waals surface area contributed by atoms with E-state index in [1.54, 1.807) is 0 Å². The van der Waals surface area contributed by atoms with Crippen molar-refractivity contribution in [2.45, 2.75) is 52.2 Å². The maximum atomic E-state index is 4.21. The molecule has 4 heteroatoms. The van der Waals surface area contributed by atoms with Crippen LogP contribution in [0.15, 0.2) is 12.4 Å². The first-order valence-corrected chi connectivity index (χ1v) is 6.74. The zero-order valence-corrected chi connectivity index (χ0v) is 12.7. The minimum atomic E-state index is 0.183. The number of nitrogens with zero attached hydrogens (tertiary/aromatic N) is 3. The Morgan fingerprint density at radius 2 is 2.11 bits per heavy atom. The van der Waals surface area contributed by atoms with Crippen LogP contribution in [0, 0.1) is 0 Å². The monoisotopic (exact) mass is 252 g/mol. The van der Waals surface area contributed by atoms with Crippen molar-refractivity contribution in [3.8, 4) is 0 Å². The molecule has 0 bridgehead atoms. The summed E-state index contributed by atoms with van der Waals surface area (Å²) in [5.74, 6) is 0. The van der Waals surface area contributed by atoms with Crippen LogP contribution in [0.1, 0.15) is 39.7 Å². The molecular formula is C14H28N4. The van der Waals surface area contributed by atoms with Crippen molar-refractivity contribution < 1.29 is 0 Å². The Kier molecular flexibility index (Phi) is 5.35. The van der Waals surface area contributed by atoms with Crippen LogP contribution in [0.5, 0.6) is 0 Å². The summed E-state index contributed by atoms with van der Waals surface area (Å²) in [5, 5.41) is 7.80. The van der Waals surface area contributed by atoms with Gasteiger partial charge in [0.25, 0.3) is 0 Å². The summed E-state index contributed by atoms with van der Waals surface area (Å²) < 4.78 is 1.86. The minimum Gasteiger partial charge on any atom is -0.311 e. The van der Waals surface area contributed by atoms with Gasteiger partial charge in [0.15, 0.2) is 0 Å². The van der Waals surface area contributed by atoms with E-state index in [-0.39, 0.29) is 5.54 Å². The molecule has 1 aromatic rings. The predicted molar refractivity (Wildman–Crippen MR) is 76.5 cm³/mol. The predicted octanol–water partition coefficient (Wildman–Crippen LogP) is 2.02. The van der Waals surface area contributed by atoms with Crippen molar-refractivity contribution in [1.82, 2.24) is 20.0 Å². The molecule has 0 spiro atoms. The molecule has 1 heterocycles. The van der Waals surface area contributed by atoms with Crippen LogP contribution >= 0.6 is 0 Å². The fourth-order valence-electron chi connectivity index (χ4n) is 2.01. The molecule has 0 aliphatic carbocycles. The summed E-state index contributed by atoms with van der Waals surface area (Å²) in [6, 6.07) is 0.560. The van der Waals surface area contributed by atoms with E-state index in [0.29, 0.717) is 6.04 Å². The van der Waals surface area contributed by atoms with Crippen LogP contribution in [0.2, 0.25) is 0 Å². The molecule has 1 rings (SSSR count). The van der Waals surface area contributed by atoms with E-state index in [4.69, 9.17) is 0 Å². The van der Waals surface area contributed by atoms with E-state index < -0.39 is 0 Å². The molecule has 1 atom stereocenters. The summed E-state index contributed by atoms with van der Waals surface area (Å²) in [5.41, 5.74) is 1.46. The standard InChI is InChI=1S/C14H28N4/c1-7-13(9-15-14(2,3)4)17(5)10-12-8-16-18(6)11-12/h8,11,13,15H,7,9-10H2,1-6H3. The van der Waals surface area contributed by atoms with Gasteiger partial charge < -0.3 is 5.32 Å². The zero-order valence-electron chi connectivity index (χ0n) is 12.7. The minimum absolute atomic E-state index is 0.183. The normalized spacial score (nSPS) is 14.2. The quantitative estimate of drug-likeness (QED) is 0.841. The second-order valence-electron chi connectivity index (χ2n) is 6.13. The van der Waals surface area contributed by atoms with Gasteiger partial charge in [-0.1, -0.05) is 6.92 Å². The number of nitrogens with one attached hydrogen (secondary N) is 1. The number of aryl methyl sites for hydroxylation is 1. The Morgan fingerprint density at radius 3 is 2.56 bits per heavy atom. The van der Waals surface area contributed by atoms with Gasteiger partial charge in [-0.25, -0.2) is 0 Å². The molecule has 0 saturated carbocycles. The maximum Gasteiger partial charge on any atom is 0.0534 e. The highest BCUT2D eigenvalue weighted by Gasteiger charge is 2.17. The average Bonchev–Trinajstić information content (AvgIpc) is 2.63. The topological polar surface area (TPSA) is 33.1 Å². The molecule has 0 saturated heterocycles. The summed E-state index contributed by atoms with van der Waals surface area (Å²) in [4.78, 5) is 2.40. The van der Waals surface area contributed by atoms with E-state index in [9.17, 15) is 0 Å². The third-order valence-corrected chi connectivity index (χ3v) is 3.15. The van der Waals surface area contributed by atoms with Crippen LogP contribution in [-0.2, 0) is 13.6 Å². The number of hydrogen-bond acceptors (Lipinski definition) is 3. The lowest BCUT2D eigenvalue weighted by Gasteiger charge is -2.30. The first-order valence-electron chi connectivity index (χ1n) is 6.74. The Hall–Kier alpha value is -0.870. The smallest absolute Gasteiger partial charge is 0.0534 e. The number of aromatic nitrogens is 2. The van der Waals surface area contributed by atoms with Crippen molar-refractivity contribution in [3.63, 3.8) is 0 Å². The highest BCUT2D eigenvalue weighted by atomic mass is 15.2. The molecule has 18 heavy (non-hydrogen) atoms. The van der Waals surface area contributed by atoms with Crippen LogP contribution in [-0.4, -0.2) is 39.9 Å². The van der Waals surface area contributed by atoms with Crippen LogP contribution in [0.3, 0.4) is 0 Å². The number of rotatable bonds is 6. The maximum absolute atomic E-state index is 4.21. The number of hydrogen-bond donors (Lipinski definition) is 1. The van der Waals surface area contributed by atoms with Gasteiger partial charge in [-0.3, -0.25) is 9.58 Å². The molecule has 1 aromatic heterocycles. The molecule has 0 aliphatic heterocycles. The highest BCUT2D eigenvalue weighted by molar-refractivity contribution is 5.03. The van der Waals surface area contributed by atoms with Gasteiger partial charge in [-0.15, -0.1) is 0 Å². The Bertz CT molecular complexity index is 351. The van der Waals surface area contributed by atoms with Gasteiger partial charge in [0.05, 0.1) is 6.20 Å². The first-order chi connectivity index (χ1) is 8.31. The molecular weight excluding hydrogens is 224 g/mol. The van der Waals surface area contributed by atoms with Crippen molar-refractivity contribution in [2.75, 3.05) is 13.6 Å². The molecule has 0 aliphatic rings. The van der Waals surface area contributed by atoms with E-state index in [2.05, 4.69) is 56.3 Å². The van der Waals surface area contributed by atoms with Gasteiger partial charge in [-0.2, -0.15) is 5.10 Å². The second kappa shape index (κ2) is 6.34. The summed E-state index contributed by atoms with van der Waals surface area (Å²) in [6.07, 6.45) is 5.18. The van der Waals surface area contributed by atoms with E-state index >= 15 is 0 Å². The molecule has 1 unspecified atom stereocenters. The molecule has 0 radical (unpaired) electrons. The Balaban J connectivity index is 2.49. The van der Waals surface area contributed by atoms with Crippen molar-refractivity contribution >= 4 is 0 Å². The summed E-state index contributed by atoms with van der Waals surface area (Å²) in [7, 11) is 4.15.